The molecular weight excluding hydrogens is 200 g/mol. The normalized spacial score (nSPS) is 10.7. The van der Waals surface area contributed by atoms with Gasteiger partial charge >= 0.3 is 0 Å². The van der Waals surface area contributed by atoms with E-state index >= 15 is 0 Å². The van der Waals surface area contributed by atoms with E-state index in [9.17, 15) is 0 Å². The molecule has 2 heterocycles. The first-order valence-electron chi connectivity index (χ1n) is 4.33. The molecule has 0 aliphatic carbocycles. The molecule has 2 rings (SSSR count). The van der Waals surface area contributed by atoms with E-state index in [4.69, 9.17) is 11.6 Å². The summed E-state index contributed by atoms with van der Waals surface area (Å²) in [6, 6.07) is 1.98. The van der Waals surface area contributed by atoms with Crippen LogP contribution in [0.1, 0.15) is 11.4 Å². The van der Waals surface area contributed by atoms with Gasteiger partial charge in [0.2, 0.25) is 0 Å². The maximum atomic E-state index is 5.76. The van der Waals surface area contributed by atoms with E-state index in [2.05, 4.69) is 10.1 Å². The lowest BCUT2D eigenvalue weighted by molar-refractivity contribution is 0.694. The van der Waals surface area contributed by atoms with Crippen molar-refractivity contribution in [3.63, 3.8) is 0 Å². The molecular formula is C9H11ClN4. The van der Waals surface area contributed by atoms with Crippen molar-refractivity contribution in [1.82, 2.24) is 19.3 Å². The van der Waals surface area contributed by atoms with Gasteiger partial charge in [-0.25, -0.2) is 4.98 Å². The Morgan fingerprint density at radius 1 is 1.50 bits per heavy atom. The monoisotopic (exact) mass is 210 g/mol. The minimum atomic E-state index is 0.479. The predicted molar refractivity (Wildman–Crippen MR) is 54.1 cm³/mol. The lowest BCUT2D eigenvalue weighted by Gasteiger charge is -2.02. The highest BCUT2D eigenvalue weighted by Crippen LogP contribution is 2.06. The minimum Gasteiger partial charge on any atom is -0.327 e. The van der Waals surface area contributed by atoms with Crippen molar-refractivity contribution in [2.75, 3.05) is 0 Å². The fourth-order valence-corrected chi connectivity index (χ4v) is 1.55. The minimum absolute atomic E-state index is 0.479. The molecule has 2 aromatic heterocycles. The molecule has 0 fully saturated rings. The van der Waals surface area contributed by atoms with E-state index in [0.29, 0.717) is 5.88 Å². The van der Waals surface area contributed by atoms with Gasteiger partial charge in [0, 0.05) is 19.4 Å². The van der Waals surface area contributed by atoms with Gasteiger partial charge in [-0.15, -0.1) is 11.6 Å². The van der Waals surface area contributed by atoms with Gasteiger partial charge in [-0.3, -0.25) is 4.68 Å². The van der Waals surface area contributed by atoms with Crippen LogP contribution in [0.5, 0.6) is 0 Å². The standard InChI is InChI=1S/C9H11ClN4/c1-13-3-2-8(12-13)6-14-7-11-5-9(14)4-10/h2-3,5,7H,4,6H2,1H3. The number of nitrogens with zero attached hydrogens (tertiary/aromatic N) is 4. The highest BCUT2D eigenvalue weighted by Gasteiger charge is 2.02. The van der Waals surface area contributed by atoms with E-state index in [1.807, 2.05) is 23.9 Å². The Labute approximate surface area is 87.1 Å². The maximum absolute atomic E-state index is 5.76. The summed E-state index contributed by atoms with van der Waals surface area (Å²) in [7, 11) is 1.90. The van der Waals surface area contributed by atoms with Crippen molar-refractivity contribution in [2.24, 2.45) is 7.05 Å². The second-order valence-electron chi connectivity index (χ2n) is 3.13. The summed E-state index contributed by atoms with van der Waals surface area (Å²) < 4.78 is 3.78. The smallest absolute Gasteiger partial charge is 0.0952 e. The number of hydrogen-bond acceptors (Lipinski definition) is 2. The van der Waals surface area contributed by atoms with E-state index in [0.717, 1.165) is 17.9 Å². The van der Waals surface area contributed by atoms with Crippen LogP contribution in [0.3, 0.4) is 0 Å². The molecule has 4 nitrogen and oxygen atoms in total. The number of hydrogen-bond donors (Lipinski definition) is 0. The first-order valence-corrected chi connectivity index (χ1v) is 4.86. The van der Waals surface area contributed by atoms with Crippen LogP contribution in [0.4, 0.5) is 0 Å². The summed E-state index contributed by atoms with van der Waals surface area (Å²) in [5.41, 5.74) is 2.02. The molecule has 0 aliphatic rings. The lowest BCUT2D eigenvalue weighted by Crippen LogP contribution is -2.03. The Morgan fingerprint density at radius 3 is 3.00 bits per heavy atom. The highest BCUT2D eigenvalue weighted by atomic mass is 35.5. The number of rotatable bonds is 3. The largest absolute Gasteiger partial charge is 0.327 e. The summed E-state index contributed by atoms with van der Waals surface area (Å²) >= 11 is 5.76. The van der Waals surface area contributed by atoms with Crippen molar-refractivity contribution in [2.45, 2.75) is 12.4 Å². The SMILES string of the molecule is Cn1ccc(Cn2cncc2CCl)n1. The van der Waals surface area contributed by atoms with Crippen LogP contribution in [0.15, 0.2) is 24.8 Å². The van der Waals surface area contributed by atoms with Crippen molar-refractivity contribution >= 4 is 11.6 Å². The van der Waals surface area contributed by atoms with Crippen LogP contribution in [0.25, 0.3) is 0 Å². The van der Waals surface area contributed by atoms with Crippen LogP contribution in [-0.2, 0) is 19.5 Å². The second kappa shape index (κ2) is 3.84. The van der Waals surface area contributed by atoms with Crippen molar-refractivity contribution in [3.05, 3.63) is 36.2 Å². The fourth-order valence-electron chi connectivity index (χ4n) is 1.32. The average molecular weight is 211 g/mol. The zero-order chi connectivity index (χ0) is 9.97. The third kappa shape index (κ3) is 1.80. The van der Waals surface area contributed by atoms with Crippen LogP contribution in [0, 0.1) is 0 Å². The zero-order valence-electron chi connectivity index (χ0n) is 7.89. The van der Waals surface area contributed by atoms with Crippen LogP contribution >= 0.6 is 11.6 Å². The molecule has 0 spiro atoms. The molecule has 0 saturated heterocycles. The van der Waals surface area contributed by atoms with Gasteiger partial charge in [0.05, 0.1) is 30.1 Å². The second-order valence-corrected chi connectivity index (χ2v) is 3.39. The topological polar surface area (TPSA) is 35.6 Å². The maximum Gasteiger partial charge on any atom is 0.0952 e. The van der Waals surface area contributed by atoms with Crippen molar-refractivity contribution < 1.29 is 0 Å². The molecule has 5 heteroatoms. The van der Waals surface area contributed by atoms with Gasteiger partial charge < -0.3 is 4.57 Å². The molecule has 14 heavy (non-hydrogen) atoms. The molecule has 0 aromatic carbocycles. The molecule has 0 unspecified atom stereocenters. The average Bonchev–Trinajstić information content (AvgIpc) is 2.76. The van der Waals surface area contributed by atoms with Gasteiger partial charge in [-0.2, -0.15) is 5.10 Å². The summed E-state index contributed by atoms with van der Waals surface area (Å²) in [4.78, 5) is 4.04. The van der Waals surface area contributed by atoms with E-state index in [1.165, 1.54) is 0 Å². The highest BCUT2D eigenvalue weighted by molar-refractivity contribution is 6.16. The molecule has 0 radical (unpaired) electrons. The molecule has 74 valence electrons. The van der Waals surface area contributed by atoms with E-state index < -0.39 is 0 Å². The number of alkyl halides is 1. The van der Waals surface area contributed by atoms with E-state index in [1.54, 1.807) is 17.2 Å². The van der Waals surface area contributed by atoms with Crippen molar-refractivity contribution in [1.29, 1.82) is 0 Å². The van der Waals surface area contributed by atoms with Gasteiger partial charge in [0.1, 0.15) is 0 Å². The van der Waals surface area contributed by atoms with Gasteiger partial charge in [0.15, 0.2) is 0 Å². The van der Waals surface area contributed by atoms with Gasteiger partial charge in [-0.1, -0.05) is 0 Å². The zero-order valence-corrected chi connectivity index (χ0v) is 8.65. The molecule has 0 bridgehead atoms. The number of aryl methyl sites for hydroxylation is 1. The van der Waals surface area contributed by atoms with Crippen molar-refractivity contribution in [3.8, 4) is 0 Å². The summed E-state index contributed by atoms with van der Waals surface area (Å²) in [5.74, 6) is 0.479. The van der Waals surface area contributed by atoms with E-state index in [-0.39, 0.29) is 0 Å². The third-order valence-electron chi connectivity index (χ3n) is 2.04. The third-order valence-corrected chi connectivity index (χ3v) is 2.31. The van der Waals surface area contributed by atoms with Gasteiger partial charge in [0.25, 0.3) is 0 Å². The number of halogens is 1. The Morgan fingerprint density at radius 2 is 2.36 bits per heavy atom. The number of aromatic nitrogens is 4. The van der Waals surface area contributed by atoms with Crippen LogP contribution < -0.4 is 0 Å². The molecule has 0 aliphatic heterocycles. The predicted octanol–water partition coefficient (Wildman–Crippen LogP) is 1.40. The number of imidazole rings is 1. The first-order chi connectivity index (χ1) is 6.79. The quantitative estimate of drug-likeness (QED) is 0.718. The molecule has 0 N–H and O–H groups in total. The Bertz CT molecular complexity index is 418. The molecule has 2 aromatic rings. The molecule has 0 amide bonds. The molecule has 0 saturated carbocycles. The first kappa shape index (κ1) is 9.27. The summed E-state index contributed by atoms with van der Waals surface area (Å²) in [6.45, 7) is 0.725. The lowest BCUT2D eigenvalue weighted by atomic mass is 10.4. The van der Waals surface area contributed by atoms with Gasteiger partial charge in [-0.05, 0) is 6.07 Å². The Balaban J connectivity index is 2.18. The molecule has 0 atom stereocenters. The summed E-state index contributed by atoms with van der Waals surface area (Å²) in [6.07, 6.45) is 5.47. The fraction of sp³-hybridized carbons (Fsp3) is 0.333. The Kier molecular flexibility index (Phi) is 2.54. The Hall–Kier alpha value is -1.29. The summed E-state index contributed by atoms with van der Waals surface area (Å²) in [5, 5.41) is 4.29. The van der Waals surface area contributed by atoms with Crippen LogP contribution in [-0.4, -0.2) is 19.3 Å². The van der Waals surface area contributed by atoms with Crippen LogP contribution in [0.2, 0.25) is 0 Å².